The van der Waals surface area contributed by atoms with Crippen LogP contribution < -0.4 is 0 Å². The normalized spacial score (nSPS) is 15.3. The summed E-state index contributed by atoms with van der Waals surface area (Å²) in [6.07, 6.45) is 4.78. The van der Waals surface area contributed by atoms with Crippen LogP contribution in [0.5, 0.6) is 0 Å². The van der Waals surface area contributed by atoms with Gasteiger partial charge in [-0.3, -0.25) is 0 Å². The first-order valence-corrected chi connectivity index (χ1v) is 5.50. The lowest BCUT2D eigenvalue weighted by Gasteiger charge is -2.31. The lowest BCUT2D eigenvalue weighted by atomic mass is 9.83. The van der Waals surface area contributed by atoms with Crippen molar-refractivity contribution in [3.63, 3.8) is 0 Å². The van der Waals surface area contributed by atoms with Crippen LogP contribution in [0.4, 0.5) is 8.78 Å². The van der Waals surface area contributed by atoms with Gasteiger partial charge >= 0.3 is 0 Å². The Morgan fingerprint density at radius 3 is 2.44 bits per heavy atom. The smallest absolute Gasteiger partial charge is 0.201 e. The lowest BCUT2D eigenvalue weighted by molar-refractivity contribution is -0.104. The highest BCUT2D eigenvalue weighted by Crippen LogP contribution is 2.45. The molecule has 2 heteroatoms. The molecule has 0 fully saturated rings. The van der Waals surface area contributed by atoms with Gasteiger partial charge in [0.1, 0.15) is 0 Å². The number of hydrogen-bond acceptors (Lipinski definition) is 0. The highest BCUT2D eigenvalue weighted by Gasteiger charge is 2.44. The van der Waals surface area contributed by atoms with Gasteiger partial charge in [0.2, 0.25) is 0 Å². The zero-order valence-electron chi connectivity index (χ0n) is 9.85. The average molecular weight is 222 g/mol. The summed E-state index contributed by atoms with van der Waals surface area (Å²) >= 11 is 0. The van der Waals surface area contributed by atoms with Gasteiger partial charge in [0.15, 0.2) is 0 Å². The van der Waals surface area contributed by atoms with Crippen molar-refractivity contribution < 1.29 is 8.78 Å². The molecular weight excluding hydrogens is 206 g/mol. The number of benzene rings is 1. The van der Waals surface area contributed by atoms with Crippen molar-refractivity contribution in [3.05, 3.63) is 41.0 Å². The van der Waals surface area contributed by atoms with E-state index in [1.807, 2.05) is 18.2 Å². The second kappa shape index (κ2) is 3.41. The molecule has 2 rings (SSSR count). The van der Waals surface area contributed by atoms with Crippen molar-refractivity contribution >= 4 is 6.08 Å². The molecule has 0 spiro atoms. The molecule has 0 saturated heterocycles. The SMILES string of the molecule is CC(C)(C)C(F)(F)c1ccc2c(c1)C=CC2. The van der Waals surface area contributed by atoms with Crippen molar-refractivity contribution in [1.29, 1.82) is 0 Å². The Labute approximate surface area is 95.0 Å². The van der Waals surface area contributed by atoms with Gasteiger partial charge < -0.3 is 0 Å². The van der Waals surface area contributed by atoms with Crippen molar-refractivity contribution in [3.8, 4) is 0 Å². The van der Waals surface area contributed by atoms with Crippen molar-refractivity contribution in [1.82, 2.24) is 0 Å². The van der Waals surface area contributed by atoms with Gasteiger partial charge in [-0.25, -0.2) is 8.78 Å². The molecule has 0 amide bonds. The number of rotatable bonds is 1. The van der Waals surface area contributed by atoms with Crippen molar-refractivity contribution in [2.45, 2.75) is 33.1 Å². The lowest BCUT2D eigenvalue weighted by Crippen LogP contribution is -2.31. The largest absolute Gasteiger partial charge is 0.277 e. The Kier molecular flexibility index (Phi) is 2.41. The minimum absolute atomic E-state index is 0.116. The number of hydrogen-bond donors (Lipinski definition) is 0. The second-order valence-electron chi connectivity index (χ2n) is 5.34. The molecule has 86 valence electrons. The van der Waals surface area contributed by atoms with E-state index < -0.39 is 11.3 Å². The van der Waals surface area contributed by atoms with Gasteiger partial charge in [0.25, 0.3) is 5.92 Å². The Morgan fingerprint density at radius 2 is 1.81 bits per heavy atom. The highest BCUT2D eigenvalue weighted by molar-refractivity contribution is 5.61. The molecule has 0 N–H and O–H groups in total. The summed E-state index contributed by atoms with van der Waals surface area (Å²) < 4.78 is 28.2. The maximum Gasteiger partial charge on any atom is 0.277 e. The molecule has 0 aromatic heterocycles. The van der Waals surface area contributed by atoms with E-state index in [9.17, 15) is 8.78 Å². The van der Waals surface area contributed by atoms with Crippen LogP contribution in [0, 0.1) is 5.41 Å². The molecule has 0 aliphatic heterocycles. The Balaban J connectivity index is 2.45. The van der Waals surface area contributed by atoms with Crippen LogP contribution in [0.3, 0.4) is 0 Å². The standard InChI is InChI=1S/C14H16F2/c1-13(2,3)14(15,16)12-8-7-10-5-4-6-11(10)9-12/h4,6-9H,5H2,1-3H3. The van der Waals surface area contributed by atoms with E-state index in [0.717, 1.165) is 17.5 Å². The monoisotopic (exact) mass is 222 g/mol. The van der Waals surface area contributed by atoms with Crippen molar-refractivity contribution in [2.24, 2.45) is 5.41 Å². The molecule has 1 aliphatic carbocycles. The van der Waals surface area contributed by atoms with Crippen LogP contribution in [0.1, 0.15) is 37.5 Å². The molecule has 0 unspecified atom stereocenters. The topological polar surface area (TPSA) is 0 Å². The van der Waals surface area contributed by atoms with Crippen molar-refractivity contribution in [2.75, 3.05) is 0 Å². The second-order valence-corrected chi connectivity index (χ2v) is 5.34. The number of alkyl halides is 2. The first kappa shape index (κ1) is 11.3. The molecule has 0 atom stereocenters. The fraction of sp³-hybridized carbons (Fsp3) is 0.429. The van der Waals surface area contributed by atoms with Crippen LogP contribution in [0.15, 0.2) is 24.3 Å². The van der Waals surface area contributed by atoms with E-state index in [1.165, 1.54) is 0 Å². The molecule has 1 aromatic carbocycles. The molecule has 16 heavy (non-hydrogen) atoms. The summed E-state index contributed by atoms with van der Waals surface area (Å²) in [5, 5.41) is 0. The zero-order chi connectivity index (χ0) is 12.0. The number of halogens is 2. The first-order chi connectivity index (χ1) is 7.32. The number of allylic oxidation sites excluding steroid dienone is 1. The minimum Gasteiger partial charge on any atom is -0.201 e. The van der Waals surface area contributed by atoms with E-state index in [-0.39, 0.29) is 5.56 Å². The third-order valence-electron chi connectivity index (χ3n) is 3.09. The molecule has 1 aromatic rings. The zero-order valence-corrected chi connectivity index (χ0v) is 9.85. The maximum atomic E-state index is 14.1. The van der Waals surface area contributed by atoms with E-state index in [4.69, 9.17) is 0 Å². The quantitative estimate of drug-likeness (QED) is 0.661. The van der Waals surface area contributed by atoms with Gasteiger partial charge in [-0.15, -0.1) is 0 Å². The fourth-order valence-electron chi connectivity index (χ4n) is 1.88. The van der Waals surface area contributed by atoms with Gasteiger partial charge in [-0.05, 0) is 23.6 Å². The van der Waals surface area contributed by atoms with Gasteiger partial charge in [-0.2, -0.15) is 0 Å². The van der Waals surface area contributed by atoms with E-state index in [2.05, 4.69) is 0 Å². The van der Waals surface area contributed by atoms with Crippen LogP contribution in [0.2, 0.25) is 0 Å². The maximum absolute atomic E-state index is 14.1. The predicted octanol–water partition coefficient (Wildman–Crippen LogP) is 4.39. The molecule has 0 nitrogen and oxygen atoms in total. The summed E-state index contributed by atoms with van der Waals surface area (Å²) in [4.78, 5) is 0. The molecule has 0 saturated carbocycles. The molecule has 0 bridgehead atoms. The third kappa shape index (κ3) is 1.66. The Hall–Kier alpha value is -1.18. The van der Waals surface area contributed by atoms with Crippen LogP contribution in [-0.2, 0) is 12.3 Å². The highest BCUT2D eigenvalue weighted by atomic mass is 19.3. The van der Waals surface area contributed by atoms with E-state index in [0.29, 0.717) is 0 Å². The third-order valence-corrected chi connectivity index (χ3v) is 3.09. The molecule has 0 radical (unpaired) electrons. The fourth-order valence-corrected chi connectivity index (χ4v) is 1.88. The van der Waals surface area contributed by atoms with Gasteiger partial charge in [0.05, 0.1) is 0 Å². The average Bonchev–Trinajstić information content (AvgIpc) is 2.61. The molecule has 1 aliphatic rings. The minimum atomic E-state index is -2.79. The van der Waals surface area contributed by atoms with E-state index in [1.54, 1.807) is 32.9 Å². The Morgan fingerprint density at radius 1 is 1.12 bits per heavy atom. The predicted molar refractivity (Wildman–Crippen MR) is 62.5 cm³/mol. The summed E-state index contributed by atoms with van der Waals surface area (Å²) in [7, 11) is 0. The van der Waals surface area contributed by atoms with Gasteiger partial charge in [-0.1, -0.05) is 45.1 Å². The summed E-state index contributed by atoms with van der Waals surface area (Å²) in [6.45, 7) is 4.70. The van der Waals surface area contributed by atoms with Crippen LogP contribution in [0.25, 0.3) is 6.08 Å². The number of fused-ring (bicyclic) bond motifs is 1. The Bertz CT molecular complexity index is 437. The van der Waals surface area contributed by atoms with E-state index >= 15 is 0 Å². The molecular formula is C14H16F2. The summed E-state index contributed by atoms with van der Waals surface area (Å²) in [5.74, 6) is -2.79. The summed E-state index contributed by atoms with van der Waals surface area (Å²) in [5.41, 5.74) is 1.13. The van der Waals surface area contributed by atoms with Crippen LogP contribution in [-0.4, -0.2) is 0 Å². The summed E-state index contributed by atoms with van der Waals surface area (Å²) in [6, 6.07) is 4.98. The van der Waals surface area contributed by atoms with Gasteiger partial charge in [0, 0.05) is 11.0 Å². The van der Waals surface area contributed by atoms with Crippen LogP contribution >= 0.6 is 0 Å². The first-order valence-electron chi connectivity index (χ1n) is 5.50. The molecule has 0 heterocycles.